The van der Waals surface area contributed by atoms with Crippen LogP contribution in [0.2, 0.25) is 0 Å². The van der Waals surface area contributed by atoms with E-state index in [9.17, 15) is 29.7 Å². The number of phenols is 2. The van der Waals surface area contributed by atoms with Crippen molar-refractivity contribution in [2.75, 3.05) is 0 Å². The molecule has 0 aromatic heterocycles. The number of carboxylic acid groups (broad SMARTS) is 1. The van der Waals surface area contributed by atoms with Crippen LogP contribution in [0.5, 0.6) is 11.5 Å². The second kappa shape index (κ2) is 13.8. The Bertz CT molecular complexity index is 1220. The van der Waals surface area contributed by atoms with Gasteiger partial charge in [0.2, 0.25) is 0 Å². The number of esters is 2. The van der Waals surface area contributed by atoms with Crippen molar-refractivity contribution in [2.45, 2.75) is 143 Å². The van der Waals surface area contributed by atoms with Gasteiger partial charge in [0.25, 0.3) is 6.29 Å². The molecular weight excluding hydrogens is 572 g/mol. The summed E-state index contributed by atoms with van der Waals surface area (Å²) >= 11 is 0. The number of carbonyl (C=O) groups excluding carboxylic acids is 2. The fraction of sp³-hybridized carbons (Fsp3) is 0.595. The van der Waals surface area contributed by atoms with Crippen LogP contribution in [0.25, 0.3) is 0 Å². The molecule has 0 spiro atoms. The third kappa shape index (κ3) is 10.8. The van der Waals surface area contributed by atoms with Gasteiger partial charge in [0.1, 0.15) is 17.9 Å². The van der Waals surface area contributed by atoms with Crippen LogP contribution in [-0.4, -0.2) is 39.5 Å². The molecular formula is C37H54O8. The lowest BCUT2D eigenvalue weighted by molar-refractivity contribution is -0.191. The number of ether oxygens (including phenoxy) is 2. The van der Waals surface area contributed by atoms with Gasteiger partial charge in [-0.05, 0) is 67.9 Å². The molecule has 3 N–H and O–H groups in total. The van der Waals surface area contributed by atoms with Crippen LogP contribution in [-0.2, 0) is 58.4 Å². The number of aromatic hydroxyl groups is 2. The summed E-state index contributed by atoms with van der Waals surface area (Å²) in [7, 11) is 0. The topological polar surface area (TPSA) is 130 Å². The zero-order valence-corrected chi connectivity index (χ0v) is 29.3. The number of hydrogen-bond acceptors (Lipinski definition) is 7. The van der Waals surface area contributed by atoms with Crippen LogP contribution in [0.4, 0.5) is 0 Å². The van der Waals surface area contributed by atoms with Gasteiger partial charge in [-0.1, -0.05) is 107 Å². The van der Waals surface area contributed by atoms with Gasteiger partial charge in [-0.25, -0.2) is 0 Å². The lowest BCUT2D eigenvalue weighted by Gasteiger charge is -2.28. The predicted octanol–water partition coefficient (Wildman–Crippen LogP) is 7.74. The number of hydrogen-bond donors (Lipinski definition) is 3. The number of aryl methyl sites for hydroxylation is 2. The number of carboxylic acids is 1. The first-order valence-electron chi connectivity index (χ1n) is 15.6. The van der Waals surface area contributed by atoms with Gasteiger partial charge in [-0.2, -0.15) is 0 Å². The molecule has 0 saturated carbocycles. The molecule has 2 aromatic rings. The quantitative estimate of drug-likeness (QED) is 0.180. The van der Waals surface area contributed by atoms with E-state index in [1.165, 1.54) is 0 Å². The summed E-state index contributed by atoms with van der Waals surface area (Å²) in [6.45, 7) is 24.1. The first-order chi connectivity index (χ1) is 20.3. The highest BCUT2D eigenvalue weighted by atomic mass is 16.7. The van der Waals surface area contributed by atoms with Crippen molar-refractivity contribution in [1.82, 2.24) is 0 Å². The summed E-state index contributed by atoms with van der Waals surface area (Å²) in [4.78, 5) is 37.1. The van der Waals surface area contributed by atoms with Crippen LogP contribution < -0.4 is 0 Å². The van der Waals surface area contributed by atoms with E-state index in [0.717, 1.165) is 33.4 Å². The summed E-state index contributed by atoms with van der Waals surface area (Å²) in [5, 5.41) is 31.3. The summed E-state index contributed by atoms with van der Waals surface area (Å²) < 4.78 is 10.6. The van der Waals surface area contributed by atoms with Crippen molar-refractivity contribution in [3.63, 3.8) is 0 Å². The van der Waals surface area contributed by atoms with Crippen molar-refractivity contribution in [2.24, 2.45) is 0 Å². The lowest BCUT2D eigenvalue weighted by atomic mass is 9.78. The number of aliphatic carboxylic acids is 1. The minimum absolute atomic E-state index is 0.0652. The maximum atomic E-state index is 12.8. The summed E-state index contributed by atoms with van der Waals surface area (Å²) in [5.74, 6) is -2.18. The predicted molar refractivity (Wildman–Crippen MR) is 176 cm³/mol. The molecule has 0 radical (unpaired) electrons. The van der Waals surface area contributed by atoms with Crippen molar-refractivity contribution in [3.05, 3.63) is 57.6 Å². The Morgan fingerprint density at radius 3 is 1.07 bits per heavy atom. The minimum Gasteiger partial charge on any atom is -0.507 e. The van der Waals surface area contributed by atoms with E-state index in [2.05, 4.69) is 0 Å². The van der Waals surface area contributed by atoms with E-state index in [1.807, 2.05) is 107 Å². The van der Waals surface area contributed by atoms with Gasteiger partial charge in [0.15, 0.2) is 0 Å². The van der Waals surface area contributed by atoms with Crippen molar-refractivity contribution in [1.29, 1.82) is 0 Å². The fourth-order valence-electron chi connectivity index (χ4n) is 5.12. The van der Waals surface area contributed by atoms with E-state index in [0.29, 0.717) is 12.8 Å². The normalized spacial score (nSPS) is 12.7. The Hall–Kier alpha value is -3.55. The molecule has 0 saturated heterocycles. The molecule has 2 rings (SSSR count). The number of benzene rings is 2. The van der Waals surface area contributed by atoms with Gasteiger partial charge in [-0.15, -0.1) is 0 Å². The summed E-state index contributed by atoms with van der Waals surface area (Å²) in [6.07, 6.45) is -1.78. The van der Waals surface area contributed by atoms with Crippen molar-refractivity contribution < 1.29 is 39.2 Å². The third-order valence-corrected chi connectivity index (χ3v) is 7.67. The largest absolute Gasteiger partial charge is 0.507 e. The first kappa shape index (κ1) is 37.6. The molecule has 8 heteroatoms. The molecule has 0 aliphatic heterocycles. The molecule has 0 heterocycles. The molecule has 0 aliphatic carbocycles. The van der Waals surface area contributed by atoms with Crippen LogP contribution >= 0.6 is 0 Å². The maximum absolute atomic E-state index is 12.8. The average molecular weight is 627 g/mol. The van der Waals surface area contributed by atoms with E-state index < -0.39 is 30.6 Å². The highest BCUT2D eigenvalue weighted by Gasteiger charge is 2.29. The maximum Gasteiger partial charge on any atom is 0.310 e. The molecule has 8 nitrogen and oxygen atoms in total. The number of carbonyl (C=O) groups is 3. The zero-order chi connectivity index (χ0) is 34.7. The average Bonchev–Trinajstić information content (AvgIpc) is 2.84. The highest BCUT2D eigenvalue weighted by molar-refractivity contribution is 5.74. The van der Waals surface area contributed by atoms with Gasteiger partial charge < -0.3 is 24.8 Å². The van der Waals surface area contributed by atoms with Crippen LogP contribution in [0.1, 0.15) is 136 Å². The van der Waals surface area contributed by atoms with Gasteiger partial charge in [0, 0.05) is 12.8 Å². The number of rotatable bonds is 10. The van der Waals surface area contributed by atoms with Gasteiger partial charge in [-0.3, -0.25) is 14.4 Å². The molecule has 0 bridgehead atoms. The molecule has 0 fully saturated rings. The molecule has 0 unspecified atom stereocenters. The van der Waals surface area contributed by atoms with Crippen molar-refractivity contribution in [3.8, 4) is 11.5 Å². The standard InChI is InChI=1S/C37H54O8/c1-34(2,3)24-17-22(18-25(32(24)42)35(4,5)6)13-15-29(40)44-31(21-28(38)39)45-30(41)16-14-23-19-26(36(7,8)9)33(43)27(20-23)37(10,11)12/h17-20,31,42-43H,13-16,21H2,1-12H3,(H,38,39). The molecule has 250 valence electrons. The van der Waals surface area contributed by atoms with Crippen LogP contribution in [0, 0.1) is 0 Å². The van der Waals surface area contributed by atoms with Gasteiger partial charge in [0.05, 0.1) is 0 Å². The Morgan fingerprint density at radius 1 is 0.578 bits per heavy atom. The van der Waals surface area contributed by atoms with Gasteiger partial charge >= 0.3 is 17.9 Å². The molecule has 0 aliphatic rings. The monoisotopic (exact) mass is 626 g/mol. The Morgan fingerprint density at radius 2 is 0.844 bits per heavy atom. The first-order valence-corrected chi connectivity index (χ1v) is 15.6. The Balaban J connectivity index is 2.16. The highest BCUT2D eigenvalue weighted by Crippen LogP contribution is 2.41. The lowest BCUT2D eigenvalue weighted by Crippen LogP contribution is -2.27. The third-order valence-electron chi connectivity index (χ3n) is 7.67. The Kier molecular flexibility index (Phi) is 11.6. The SMILES string of the molecule is CC(C)(C)c1cc(CCC(=O)OC(CC(=O)O)OC(=O)CCc2cc(C(C)(C)C)c(O)c(C(C)(C)C)c2)cc(C(C)(C)C)c1O. The zero-order valence-electron chi connectivity index (χ0n) is 29.3. The Labute approximate surface area is 269 Å². The molecule has 0 amide bonds. The summed E-state index contributed by atoms with van der Waals surface area (Å²) in [5.41, 5.74) is 3.45. The second-order valence-electron chi connectivity index (χ2n) is 16.1. The van der Waals surface area contributed by atoms with E-state index in [-0.39, 0.29) is 46.0 Å². The van der Waals surface area contributed by atoms with Crippen LogP contribution in [0.3, 0.4) is 0 Å². The van der Waals surface area contributed by atoms with Crippen LogP contribution in [0.15, 0.2) is 24.3 Å². The molecule has 0 atom stereocenters. The fourth-order valence-corrected chi connectivity index (χ4v) is 5.12. The van der Waals surface area contributed by atoms with E-state index >= 15 is 0 Å². The second-order valence-corrected chi connectivity index (χ2v) is 16.1. The van der Waals surface area contributed by atoms with E-state index in [1.54, 1.807) is 0 Å². The molecule has 2 aromatic carbocycles. The number of phenolic OH excluding ortho intramolecular Hbond substituents is 2. The van der Waals surface area contributed by atoms with E-state index in [4.69, 9.17) is 9.47 Å². The molecule has 45 heavy (non-hydrogen) atoms. The van der Waals surface area contributed by atoms with Crippen molar-refractivity contribution >= 4 is 17.9 Å². The summed E-state index contributed by atoms with van der Waals surface area (Å²) in [6, 6.07) is 7.52. The smallest absolute Gasteiger partial charge is 0.310 e. The minimum atomic E-state index is -1.56.